The molecule has 2 atom stereocenters. The Balaban J connectivity index is 3.61. The van der Waals surface area contributed by atoms with E-state index in [-0.39, 0.29) is 33.6 Å². The molecule has 28 heavy (non-hydrogen) atoms. The normalized spacial score (nSPS) is 14.5. The van der Waals surface area contributed by atoms with Crippen molar-refractivity contribution in [3.8, 4) is 5.75 Å². The molecule has 0 bridgehead atoms. The third-order valence-electron chi connectivity index (χ3n) is 4.89. The molecule has 1 N–H and O–H groups in total. The van der Waals surface area contributed by atoms with Crippen molar-refractivity contribution in [2.24, 2.45) is 5.92 Å². The molecular weight excluding hydrogens is 372 g/mol. The molecule has 0 saturated carbocycles. The first-order chi connectivity index (χ1) is 12.7. The van der Waals surface area contributed by atoms with Crippen molar-refractivity contribution in [1.29, 1.82) is 0 Å². The summed E-state index contributed by atoms with van der Waals surface area (Å²) in [4.78, 5) is 24.6. The minimum Gasteiger partial charge on any atom is -0.507 e. The largest absolute Gasteiger partial charge is 0.507 e. The Morgan fingerprint density at radius 2 is 1.54 bits per heavy atom. The van der Waals surface area contributed by atoms with Gasteiger partial charge < -0.3 is 9.84 Å². The summed E-state index contributed by atoms with van der Waals surface area (Å²) in [6.07, 6.45) is 1.05. The molecule has 0 aliphatic heterocycles. The van der Waals surface area contributed by atoms with Gasteiger partial charge in [-0.2, -0.15) is 0 Å². The zero-order chi connectivity index (χ0) is 21.9. The van der Waals surface area contributed by atoms with Crippen LogP contribution in [0.25, 0.3) is 0 Å². The second-order valence-corrected chi connectivity index (χ2v) is 10.1. The summed E-state index contributed by atoms with van der Waals surface area (Å²) < 4.78 is 5.43. The third kappa shape index (κ3) is 6.26. The number of ether oxygens (including phenoxy) is 1. The lowest BCUT2D eigenvalue weighted by Gasteiger charge is -2.30. The number of phenols is 1. The molecule has 1 aromatic carbocycles. The van der Waals surface area contributed by atoms with Crippen molar-refractivity contribution in [1.82, 2.24) is 0 Å². The second kappa shape index (κ2) is 9.34. The summed E-state index contributed by atoms with van der Waals surface area (Å²) in [5, 5.41) is 10.7. The molecule has 1 aromatic rings. The number of thiol groups is 1. The molecular formula is C23H36O4S. The lowest BCUT2D eigenvalue weighted by molar-refractivity contribution is -0.146. The number of aromatic hydroxyl groups is 1. The van der Waals surface area contributed by atoms with Crippen LogP contribution in [0.4, 0.5) is 0 Å². The van der Waals surface area contributed by atoms with E-state index in [4.69, 9.17) is 4.74 Å². The lowest BCUT2D eigenvalue weighted by atomic mass is 9.76. The first kappa shape index (κ1) is 24.5. The van der Waals surface area contributed by atoms with Crippen LogP contribution in [-0.2, 0) is 25.2 Å². The summed E-state index contributed by atoms with van der Waals surface area (Å²) in [7, 11) is 0. The van der Waals surface area contributed by atoms with Crippen molar-refractivity contribution in [2.45, 2.75) is 85.0 Å². The summed E-state index contributed by atoms with van der Waals surface area (Å²) in [5.41, 5.74) is 1.74. The molecule has 5 heteroatoms. The second-order valence-electron chi connectivity index (χ2n) is 9.66. The number of benzene rings is 1. The Labute approximate surface area is 175 Å². The van der Waals surface area contributed by atoms with Crippen LogP contribution in [-0.4, -0.2) is 22.8 Å². The number of hydrogen-bond donors (Lipinski definition) is 2. The van der Waals surface area contributed by atoms with Gasteiger partial charge in [0.05, 0.1) is 12.5 Å². The minimum absolute atomic E-state index is 0.251. The van der Waals surface area contributed by atoms with Crippen LogP contribution in [0.2, 0.25) is 0 Å². The van der Waals surface area contributed by atoms with Gasteiger partial charge in [0.2, 0.25) is 0 Å². The molecule has 0 aliphatic rings. The number of phenolic OH excluding ortho intramolecular Hbond substituents is 1. The molecule has 1 rings (SSSR count). The summed E-state index contributed by atoms with van der Waals surface area (Å²) >= 11 is 3.94. The maximum absolute atomic E-state index is 12.8. The average molecular weight is 409 g/mol. The molecule has 0 aliphatic carbocycles. The first-order valence-electron chi connectivity index (χ1n) is 9.97. The van der Waals surface area contributed by atoms with Crippen LogP contribution in [0.5, 0.6) is 5.75 Å². The topological polar surface area (TPSA) is 63.6 Å². The highest BCUT2D eigenvalue weighted by Crippen LogP contribution is 2.42. The predicted octanol–water partition coefficient (Wildman–Crippen LogP) is 5.51. The Kier molecular flexibility index (Phi) is 8.19. The SMILES string of the molecule is CCCOC(=O)C(CC(C)C(=O)S)c1cc(C(C)(C)C)c(O)c(C(C)(C)C)c1. The van der Waals surface area contributed by atoms with E-state index in [2.05, 4.69) is 12.6 Å². The first-order valence-corrected chi connectivity index (χ1v) is 10.4. The van der Waals surface area contributed by atoms with Gasteiger partial charge in [-0.3, -0.25) is 9.59 Å². The fourth-order valence-electron chi connectivity index (χ4n) is 3.13. The minimum atomic E-state index is -0.583. The number of carbonyl (C=O) groups excluding carboxylic acids is 2. The number of rotatable bonds is 7. The van der Waals surface area contributed by atoms with Gasteiger partial charge in [0.15, 0.2) is 5.12 Å². The highest BCUT2D eigenvalue weighted by molar-refractivity contribution is 7.96. The Bertz CT molecular complexity index is 675. The Morgan fingerprint density at radius 1 is 1.07 bits per heavy atom. The standard InChI is InChI=1S/C23H36O4S/c1-9-10-27-20(25)16(11-14(2)21(26)28)15-12-17(22(3,4)5)19(24)18(13-15)23(6,7)8/h12-14,16,24H,9-11H2,1-8H3,(H,26,28). The van der Waals surface area contributed by atoms with Gasteiger partial charge in [-0.05, 0) is 40.4 Å². The van der Waals surface area contributed by atoms with Gasteiger partial charge in [-0.15, -0.1) is 12.6 Å². The maximum Gasteiger partial charge on any atom is 0.313 e. The van der Waals surface area contributed by atoms with Crippen molar-refractivity contribution in [3.05, 3.63) is 28.8 Å². The van der Waals surface area contributed by atoms with Gasteiger partial charge in [0.1, 0.15) is 5.75 Å². The van der Waals surface area contributed by atoms with E-state index in [1.165, 1.54) is 0 Å². The van der Waals surface area contributed by atoms with Gasteiger partial charge in [0.25, 0.3) is 0 Å². The molecule has 0 heterocycles. The van der Waals surface area contributed by atoms with E-state index < -0.39 is 5.92 Å². The van der Waals surface area contributed by atoms with Crippen molar-refractivity contribution in [2.75, 3.05) is 6.61 Å². The van der Waals surface area contributed by atoms with Gasteiger partial charge in [-0.25, -0.2) is 0 Å². The molecule has 0 saturated heterocycles. The molecule has 2 unspecified atom stereocenters. The van der Waals surface area contributed by atoms with Crippen LogP contribution in [0.3, 0.4) is 0 Å². The monoisotopic (exact) mass is 408 g/mol. The number of esters is 1. The van der Waals surface area contributed by atoms with E-state index in [1.54, 1.807) is 6.92 Å². The van der Waals surface area contributed by atoms with E-state index in [1.807, 2.05) is 60.6 Å². The zero-order valence-electron chi connectivity index (χ0n) is 18.5. The van der Waals surface area contributed by atoms with Crippen LogP contribution >= 0.6 is 12.6 Å². The fraction of sp³-hybridized carbons (Fsp3) is 0.652. The van der Waals surface area contributed by atoms with Gasteiger partial charge in [-0.1, -0.05) is 67.5 Å². The number of hydrogen-bond acceptors (Lipinski definition) is 4. The molecule has 4 nitrogen and oxygen atoms in total. The smallest absolute Gasteiger partial charge is 0.313 e. The molecule has 0 spiro atoms. The zero-order valence-corrected chi connectivity index (χ0v) is 19.4. The van der Waals surface area contributed by atoms with Crippen LogP contribution in [0.1, 0.15) is 90.8 Å². The lowest BCUT2D eigenvalue weighted by Crippen LogP contribution is -2.23. The Morgan fingerprint density at radius 3 is 1.89 bits per heavy atom. The van der Waals surface area contributed by atoms with Crippen molar-refractivity contribution < 1.29 is 19.4 Å². The highest BCUT2D eigenvalue weighted by atomic mass is 32.1. The van der Waals surface area contributed by atoms with E-state index >= 15 is 0 Å². The summed E-state index contributed by atoms with van der Waals surface area (Å²) in [6.45, 7) is 16.2. The van der Waals surface area contributed by atoms with Gasteiger partial charge >= 0.3 is 5.97 Å². The molecule has 0 amide bonds. The summed E-state index contributed by atoms with van der Waals surface area (Å²) in [6, 6.07) is 3.77. The van der Waals surface area contributed by atoms with E-state index in [9.17, 15) is 14.7 Å². The van der Waals surface area contributed by atoms with Crippen LogP contribution in [0.15, 0.2) is 12.1 Å². The van der Waals surface area contributed by atoms with Crippen LogP contribution < -0.4 is 0 Å². The van der Waals surface area contributed by atoms with Crippen LogP contribution in [0, 0.1) is 5.92 Å². The molecule has 0 radical (unpaired) electrons. The fourth-order valence-corrected chi connectivity index (χ4v) is 3.23. The molecule has 0 fully saturated rings. The third-order valence-corrected chi connectivity index (χ3v) is 5.34. The van der Waals surface area contributed by atoms with E-state index in [0.717, 1.165) is 23.1 Å². The maximum atomic E-state index is 12.8. The summed E-state index contributed by atoms with van der Waals surface area (Å²) in [5.74, 6) is -1.04. The van der Waals surface area contributed by atoms with Gasteiger partial charge in [0, 0.05) is 5.92 Å². The van der Waals surface area contributed by atoms with E-state index in [0.29, 0.717) is 13.0 Å². The average Bonchev–Trinajstić information content (AvgIpc) is 2.55. The predicted molar refractivity (Wildman–Crippen MR) is 117 cm³/mol. The van der Waals surface area contributed by atoms with Crippen molar-refractivity contribution >= 4 is 23.7 Å². The quantitative estimate of drug-likeness (QED) is 0.461. The Hall–Kier alpha value is -1.49. The molecule has 158 valence electrons. The van der Waals surface area contributed by atoms with Crippen molar-refractivity contribution in [3.63, 3.8) is 0 Å². The highest BCUT2D eigenvalue weighted by Gasteiger charge is 2.32. The number of carbonyl (C=O) groups is 2. The molecule has 0 aromatic heterocycles.